The van der Waals surface area contributed by atoms with E-state index in [1.54, 1.807) is 0 Å². The summed E-state index contributed by atoms with van der Waals surface area (Å²) in [7, 11) is 0. The van der Waals surface area contributed by atoms with E-state index in [1.807, 2.05) is 0 Å². The normalized spacial score (nSPS) is 17.9. The van der Waals surface area contributed by atoms with Crippen molar-refractivity contribution in [2.24, 2.45) is 0 Å². The molecule has 0 aromatic heterocycles. The fourth-order valence-corrected chi connectivity index (χ4v) is 4.63. The van der Waals surface area contributed by atoms with E-state index in [0.717, 1.165) is 5.37 Å². The Balaban J connectivity index is 1.64. The zero-order valence-corrected chi connectivity index (χ0v) is 16.7. The van der Waals surface area contributed by atoms with Crippen LogP contribution in [0.1, 0.15) is 116 Å². The van der Waals surface area contributed by atoms with Crippen LogP contribution in [-0.4, -0.2) is 17.7 Å². The predicted octanol–water partition coefficient (Wildman–Crippen LogP) is 7.30. The van der Waals surface area contributed by atoms with Crippen molar-refractivity contribution in [3.05, 3.63) is 0 Å². The molecular formula is C21H43NS. The Hall–Kier alpha value is 0.310. The molecule has 0 saturated carbocycles. The van der Waals surface area contributed by atoms with Crippen LogP contribution in [0.2, 0.25) is 0 Å². The topological polar surface area (TPSA) is 12.0 Å². The van der Waals surface area contributed by atoms with Gasteiger partial charge in [0, 0.05) is 12.3 Å². The Morgan fingerprint density at radius 2 is 1.09 bits per heavy atom. The number of rotatable bonds is 17. The van der Waals surface area contributed by atoms with E-state index in [4.69, 9.17) is 0 Å². The second-order valence-corrected chi connectivity index (χ2v) is 8.72. The highest BCUT2D eigenvalue weighted by molar-refractivity contribution is 8.00. The summed E-state index contributed by atoms with van der Waals surface area (Å²) in [6.07, 6.45) is 24.8. The monoisotopic (exact) mass is 341 g/mol. The van der Waals surface area contributed by atoms with Gasteiger partial charge in [-0.1, -0.05) is 110 Å². The minimum Gasteiger partial charge on any atom is -0.305 e. The van der Waals surface area contributed by atoms with E-state index < -0.39 is 0 Å². The summed E-state index contributed by atoms with van der Waals surface area (Å²) in [4.78, 5) is 0. The van der Waals surface area contributed by atoms with Gasteiger partial charge in [0.25, 0.3) is 0 Å². The van der Waals surface area contributed by atoms with Crippen molar-refractivity contribution in [3.63, 3.8) is 0 Å². The fraction of sp³-hybridized carbons (Fsp3) is 1.00. The van der Waals surface area contributed by atoms with Gasteiger partial charge in [0.2, 0.25) is 0 Å². The molecule has 1 nitrogen and oxygen atoms in total. The van der Waals surface area contributed by atoms with Crippen molar-refractivity contribution in [3.8, 4) is 0 Å². The summed E-state index contributed by atoms with van der Waals surface area (Å²) in [5.74, 6) is 1.32. The molecule has 1 aliphatic heterocycles. The molecule has 1 heterocycles. The first-order valence-corrected chi connectivity index (χ1v) is 11.8. The Kier molecular flexibility index (Phi) is 15.9. The highest BCUT2D eigenvalue weighted by atomic mass is 32.2. The number of hydrogen-bond donors (Lipinski definition) is 1. The second kappa shape index (κ2) is 17.1. The van der Waals surface area contributed by atoms with Crippen molar-refractivity contribution < 1.29 is 0 Å². The highest BCUT2D eigenvalue weighted by Gasteiger charge is 2.12. The standard InChI is InChI=1S/C21H43NS/c1-2-3-4-5-6-7-8-9-10-11-12-13-14-15-16-17-18-21-22-19-20-23-21/h21-22H,2-20H2,1H3. The van der Waals surface area contributed by atoms with Gasteiger partial charge in [0.1, 0.15) is 0 Å². The maximum absolute atomic E-state index is 3.57. The second-order valence-electron chi connectivity index (χ2n) is 7.41. The Morgan fingerprint density at radius 1 is 0.652 bits per heavy atom. The third-order valence-corrected chi connectivity index (χ3v) is 6.36. The van der Waals surface area contributed by atoms with Crippen LogP contribution < -0.4 is 5.32 Å². The van der Waals surface area contributed by atoms with Crippen LogP contribution in [0.5, 0.6) is 0 Å². The number of nitrogens with one attached hydrogen (secondary N) is 1. The summed E-state index contributed by atoms with van der Waals surface area (Å²) in [5, 5.41) is 4.35. The van der Waals surface area contributed by atoms with E-state index in [2.05, 4.69) is 24.0 Å². The molecule has 23 heavy (non-hydrogen) atoms. The van der Waals surface area contributed by atoms with Crippen molar-refractivity contribution in [2.45, 2.75) is 121 Å². The highest BCUT2D eigenvalue weighted by Crippen LogP contribution is 2.20. The third-order valence-electron chi connectivity index (χ3n) is 5.11. The van der Waals surface area contributed by atoms with Crippen molar-refractivity contribution in [1.29, 1.82) is 0 Å². The molecule has 1 rings (SSSR count). The zero-order chi connectivity index (χ0) is 16.4. The first-order chi connectivity index (χ1) is 11.4. The minimum atomic E-state index is 0.779. The minimum absolute atomic E-state index is 0.779. The molecule has 0 aromatic carbocycles. The predicted molar refractivity (Wildman–Crippen MR) is 108 cm³/mol. The van der Waals surface area contributed by atoms with Gasteiger partial charge in [-0.05, 0) is 6.42 Å². The molecule has 1 aliphatic rings. The third kappa shape index (κ3) is 14.4. The molecule has 0 spiro atoms. The maximum Gasteiger partial charge on any atom is 0.0532 e. The first-order valence-electron chi connectivity index (χ1n) is 10.8. The average Bonchev–Trinajstić information content (AvgIpc) is 3.08. The molecule has 1 fully saturated rings. The van der Waals surface area contributed by atoms with Gasteiger partial charge in [0.15, 0.2) is 0 Å². The van der Waals surface area contributed by atoms with Crippen LogP contribution in [0.4, 0.5) is 0 Å². The Bertz CT molecular complexity index is 226. The molecule has 1 atom stereocenters. The van der Waals surface area contributed by atoms with Crippen molar-refractivity contribution in [1.82, 2.24) is 5.32 Å². The smallest absolute Gasteiger partial charge is 0.0532 e. The molecular weight excluding hydrogens is 298 g/mol. The molecule has 0 radical (unpaired) electrons. The largest absolute Gasteiger partial charge is 0.305 e. The van der Waals surface area contributed by atoms with E-state index in [0.29, 0.717) is 0 Å². The average molecular weight is 342 g/mol. The van der Waals surface area contributed by atoms with E-state index in [1.165, 1.54) is 121 Å². The van der Waals surface area contributed by atoms with Gasteiger partial charge in [-0.3, -0.25) is 0 Å². The SMILES string of the molecule is CCCCCCCCCCCCCCCCCCC1NCCS1. The van der Waals surface area contributed by atoms with Gasteiger partial charge in [-0.2, -0.15) is 0 Å². The quantitative estimate of drug-likeness (QED) is 0.278. The van der Waals surface area contributed by atoms with E-state index >= 15 is 0 Å². The molecule has 2 heteroatoms. The van der Waals surface area contributed by atoms with Crippen LogP contribution in [0, 0.1) is 0 Å². The van der Waals surface area contributed by atoms with Gasteiger partial charge in [0.05, 0.1) is 5.37 Å². The molecule has 138 valence electrons. The summed E-state index contributed by atoms with van der Waals surface area (Å²) >= 11 is 2.12. The van der Waals surface area contributed by atoms with Gasteiger partial charge in [-0.15, -0.1) is 11.8 Å². The molecule has 0 aromatic rings. The lowest BCUT2D eigenvalue weighted by molar-refractivity contribution is 0.522. The lowest BCUT2D eigenvalue weighted by atomic mass is 10.0. The molecule has 0 amide bonds. The Labute approximate surface area is 151 Å². The summed E-state index contributed by atoms with van der Waals surface area (Å²) < 4.78 is 0. The molecule has 1 saturated heterocycles. The van der Waals surface area contributed by atoms with Crippen molar-refractivity contribution in [2.75, 3.05) is 12.3 Å². The summed E-state index contributed by atoms with van der Waals surface area (Å²) in [6.45, 7) is 3.53. The molecule has 1 N–H and O–H groups in total. The number of thioether (sulfide) groups is 1. The maximum atomic E-state index is 3.57. The van der Waals surface area contributed by atoms with Gasteiger partial charge in [-0.25, -0.2) is 0 Å². The van der Waals surface area contributed by atoms with Gasteiger partial charge < -0.3 is 5.32 Å². The summed E-state index contributed by atoms with van der Waals surface area (Å²) in [5.41, 5.74) is 0. The lowest BCUT2D eigenvalue weighted by Gasteiger charge is -2.08. The molecule has 0 aliphatic carbocycles. The zero-order valence-electron chi connectivity index (χ0n) is 15.9. The van der Waals surface area contributed by atoms with E-state index in [9.17, 15) is 0 Å². The van der Waals surface area contributed by atoms with Crippen molar-refractivity contribution >= 4 is 11.8 Å². The fourth-order valence-electron chi connectivity index (χ4n) is 3.54. The van der Waals surface area contributed by atoms with Crippen LogP contribution >= 0.6 is 11.8 Å². The number of hydrogen-bond acceptors (Lipinski definition) is 2. The summed E-state index contributed by atoms with van der Waals surface area (Å²) in [6, 6.07) is 0. The number of unbranched alkanes of at least 4 members (excludes halogenated alkanes) is 15. The Morgan fingerprint density at radius 3 is 1.48 bits per heavy atom. The lowest BCUT2D eigenvalue weighted by Crippen LogP contribution is -2.19. The van der Waals surface area contributed by atoms with Gasteiger partial charge >= 0.3 is 0 Å². The van der Waals surface area contributed by atoms with E-state index in [-0.39, 0.29) is 0 Å². The van der Waals surface area contributed by atoms with Crippen LogP contribution in [-0.2, 0) is 0 Å². The van der Waals surface area contributed by atoms with Crippen LogP contribution in [0.15, 0.2) is 0 Å². The molecule has 0 bridgehead atoms. The molecule has 1 unspecified atom stereocenters. The van der Waals surface area contributed by atoms with Crippen LogP contribution in [0.3, 0.4) is 0 Å². The van der Waals surface area contributed by atoms with Crippen LogP contribution in [0.25, 0.3) is 0 Å². The first kappa shape index (κ1) is 21.4.